The quantitative estimate of drug-likeness (QED) is 0.825. The van der Waals surface area contributed by atoms with Gasteiger partial charge in [0.2, 0.25) is 5.91 Å². The molecule has 2 rings (SSSR count). The number of hydrogen-bond donors (Lipinski definition) is 1. The second kappa shape index (κ2) is 8.33. The Hall–Kier alpha value is -2.34. The zero-order valence-electron chi connectivity index (χ0n) is 12.2. The molecule has 0 heterocycles. The van der Waals surface area contributed by atoms with Crippen LogP contribution < -0.4 is 5.32 Å². The largest absolute Gasteiger partial charge is 0.352 e. The lowest BCUT2D eigenvalue weighted by Crippen LogP contribution is -2.25. The van der Waals surface area contributed by atoms with Crippen LogP contribution in [0.5, 0.6) is 0 Å². The molecule has 1 amide bonds. The Morgan fingerprint density at radius 3 is 2.35 bits per heavy atom. The van der Waals surface area contributed by atoms with Gasteiger partial charge in [-0.25, -0.2) is 8.78 Å². The highest BCUT2D eigenvalue weighted by Crippen LogP contribution is 2.13. The highest BCUT2D eigenvalue weighted by Gasteiger charge is 2.06. The predicted octanol–water partition coefficient (Wildman–Crippen LogP) is 2.90. The molecule has 2 aromatic rings. The van der Waals surface area contributed by atoms with Gasteiger partial charge in [-0.2, -0.15) is 0 Å². The maximum Gasteiger partial charge on any atom is 0.244 e. The van der Waals surface area contributed by atoms with Crippen LogP contribution in [0.1, 0.15) is 5.56 Å². The van der Waals surface area contributed by atoms with E-state index in [0.717, 1.165) is 24.3 Å². The molecule has 23 heavy (non-hydrogen) atoms. The molecule has 0 unspecified atom stereocenters. The summed E-state index contributed by atoms with van der Waals surface area (Å²) in [5.41, 5.74) is -0.268. The highest BCUT2D eigenvalue weighted by atomic mass is 32.2. The molecule has 1 atom stereocenters. The maximum atomic E-state index is 13.4. The fourth-order valence-electron chi connectivity index (χ4n) is 1.84. The third kappa shape index (κ3) is 5.10. The summed E-state index contributed by atoms with van der Waals surface area (Å²) in [5, 5.41) is 2.53. The van der Waals surface area contributed by atoms with Crippen molar-refractivity contribution in [2.24, 2.45) is 0 Å². The van der Waals surface area contributed by atoms with Gasteiger partial charge in [-0.1, -0.05) is 24.3 Å². The molecule has 0 bridgehead atoms. The first-order chi connectivity index (χ1) is 11.1. The molecule has 0 aliphatic carbocycles. The molecule has 120 valence electrons. The molecular weight excluding hydrogens is 320 g/mol. The molecule has 0 aromatic heterocycles. The second-order valence-electron chi connectivity index (χ2n) is 4.62. The molecule has 0 fully saturated rings. The summed E-state index contributed by atoms with van der Waals surface area (Å²) in [6.07, 6.45) is 2.13. The van der Waals surface area contributed by atoms with Crippen LogP contribution in [-0.2, 0) is 15.6 Å². The van der Waals surface area contributed by atoms with Gasteiger partial charge in [0.05, 0.1) is 10.8 Å². The minimum Gasteiger partial charge on any atom is -0.352 e. The Morgan fingerprint density at radius 2 is 1.70 bits per heavy atom. The van der Waals surface area contributed by atoms with Gasteiger partial charge in [0.25, 0.3) is 0 Å². The van der Waals surface area contributed by atoms with Gasteiger partial charge in [0, 0.05) is 28.8 Å². The minimum atomic E-state index is -1.21. The first kappa shape index (κ1) is 17.0. The monoisotopic (exact) mass is 335 g/mol. The maximum absolute atomic E-state index is 13.4. The SMILES string of the molecule is O=C(/C=C/c1c(F)cccc1F)NCC[S@](=O)c1ccccc1. The van der Waals surface area contributed by atoms with E-state index in [2.05, 4.69) is 5.32 Å². The van der Waals surface area contributed by atoms with Crippen LogP contribution in [0.2, 0.25) is 0 Å². The van der Waals surface area contributed by atoms with Crippen LogP contribution in [0.4, 0.5) is 8.78 Å². The van der Waals surface area contributed by atoms with Gasteiger partial charge < -0.3 is 5.32 Å². The number of nitrogens with one attached hydrogen (secondary N) is 1. The number of hydrogen-bond acceptors (Lipinski definition) is 2. The zero-order valence-corrected chi connectivity index (χ0v) is 13.0. The van der Waals surface area contributed by atoms with Crippen LogP contribution >= 0.6 is 0 Å². The Balaban J connectivity index is 1.84. The fraction of sp³-hybridized carbons (Fsp3) is 0.118. The van der Waals surface area contributed by atoms with E-state index in [-0.39, 0.29) is 17.9 Å². The predicted molar refractivity (Wildman–Crippen MR) is 86.1 cm³/mol. The molecule has 0 spiro atoms. The van der Waals surface area contributed by atoms with Crippen LogP contribution in [0.3, 0.4) is 0 Å². The van der Waals surface area contributed by atoms with Crippen molar-refractivity contribution in [1.29, 1.82) is 0 Å². The van der Waals surface area contributed by atoms with Crippen LogP contribution in [0.25, 0.3) is 6.08 Å². The summed E-state index contributed by atoms with van der Waals surface area (Å²) in [4.78, 5) is 12.3. The summed E-state index contributed by atoms with van der Waals surface area (Å²) < 4.78 is 38.7. The second-order valence-corrected chi connectivity index (χ2v) is 6.19. The van der Waals surface area contributed by atoms with E-state index >= 15 is 0 Å². The standard InChI is InChI=1S/C17H15F2NO2S/c18-15-7-4-8-16(19)14(15)9-10-17(21)20-11-12-23(22)13-5-2-1-3-6-13/h1-10H,11-12H2,(H,20,21)/b10-9+/t23-/m0/s1. The molecule has 0 aliphatic rings. The van der Waals surface area contributed by atoms with Crippen LogP contribution in [-0.4, -0.2) is 22.4 Å². The van der Waals surface area contributed by atoms with Crippen molar-refractivity contribution in [3.05, 3.63) is 71.8 Å². The Labute approximate surface area is 135 Å². The summed E-state index contributed by atoms with van der Waals surface area (Å²) >= 11 is 0. The van der Waals surface area contributed by atoms with Crippen molar-refractivity contribution in [3.63, 3.8) is 0 Å². The van der Waals surface area contributed by atoms with Crippen LogP contribution in [0.15, 0.2) is 59.5 Å². The van der Waals surface area contributed by atoms with Crippen molar-refractivity contribution in [1.82, 2.24) is 5.32 Å². The van der Waals surface area contributed by atoms with Gasteiger partial charge in [-0.05, 0) is 30.3 Å². The molecule has 3 nitrogen and oxygen atoms in total. The lowest BCUT2D eigenvalue weighted by molar-refractivity contribution is -0.116. The third-order valence-corrected chi connectivity index (χ3v) is 4.37. The first-order valence-corrected chi connectivity index (χ1v) is 8.23. The Bertz CT molecular complexity index is 712. The Kier molecular flexibility index (Phi) is 6.17. The molecule has 0 saturated carbocycles. The molecule has 0 saturated heterocycles. The number of carbonyl (C=O) groups is 1. The fourth-order valence-corrected chi connectivity index (χ4v) is 2.83. The molecule has 2 aromatic carbocycles. The summed E-state index contributed by atoms with van der Waals surface area (Å²) in [7, 11) is -1.21. The Morgan fingerprint density at radius 1 is 1.04 bits per heavy atom. The number of amides is 1. The minimum absolute atomic E-state index is 0.199. The van der Waals surface area contributed by atoms with Crippen molar-refractivity contribution in [2.45, 2.75) is 4.90 Å². The van der Waals surface area contributed by atoms with Crippen molar-refractivity contribution < 1.29 is 17.8 Å². The molecule has 6 heteroatoms. The molecule has 1 N–H and O–H groups in total. The molecular formula is C17H15F2NO2S. The van der Waals surface area contributed by atoms with Gasteiger partial charge in [-0.15, -0.1) is 0 Å². The normalized spacial score (nSPS) is 12.3. The van der Waals surface area contributed by atoms with Gasteiger partial charge in [0.1, 0.15) is 11.6 Å². The van der Waals surface area contributed by atoms with E-state index in [1.807, 2.05) is 6.07 Å². The lowest BCUT2D eigenvalue weighted by Gasteiger charge is -2.03. The topological polar surface area (TPSA) is 46.2 Å². The molecule has 0 aliphatic heterocycles. The van der Waals surface area contributed by atoms with E-state index < -0.39 is 28.3 Å². The number of benzene rings is 2. The van der Waals surface area contributed by atoms with Gasteiger partial charge in [-0.3, -0.25) is 9.00 Å². The van der Waals surface area contributed by atoms with Crippen molar-refractivity contribution >= 4 is 22.8 Å². The number of halogens is 2. The van der Waals surface area contributed by atoms with E-state index in [9.17, 15) is 17.8 Å². The number of rotatable bonds is 6. The smallest absolute Gasteiger partial charge is 0.244 e. The average Bonchev–Trinajstić information content (AvgIpc) is 2.55. The highest BCUT2D eigenvalue weighted by molar-refractivity contribution is 7.85. The molecule has 0 radical (unpaired) electrons. The lowest BCUT2D eigenvalue weighted by atomic mass is 10.2. The number of carbonyl (C=O) groups excluding carboxylic acids is 1. The summed E-state index contributed by atoms with van der Waals surface area (Å²) in [6.45, 7) is 0.199. The summed E-state index contributed by atoms with van der Waals surface area (Å²) in [5.74, 6) is -1.71. The van der Waals surface area contributed by atoms with Gasteiger partial charge in [0.15, 0.2) is 0 Å². The average molecular weight is 335 g/mol. The van der Waals surface area contributed by atoms with Crippen LogP contribution in [0, 0.1) is 11.6 Å². The third-order valence-electron chi connectivity index (χ3n) is 2.99. The van der Waals surface area contributed by atoms with E-state index in [4.69, 9.17) is 0 Å². The zero-order chi connectivity index (χ0) is 16.7. The van der Waals surface area contributed by atoms with Crippen molar-refractivity contribution in [2.75, 3.05) is 12.3 Å². The van der Waals surface area contributed by atoms with E-state index in [0.29, 0.717) is 4.90 Å². The van der Waals surface area contributed by atoms with Gasteiger partial charge >= 0.3 is 0 Å². The first-order valence-electron chi connectivity index (χ1n) is 6.91. The van der Waals surface area contributed by atoms with E-state index in [1.54, 1.807) is 24.3 Å². The van der Waals surface area contributed by atoms with E-state index in [1.165, 1.54) is 6.07 Å². The van der Waals surface area contributed by atoms with Crippen molar-refractivity contribution in [3.8, 4) is 0 Å². The summed E-state index contributed by atoms with van der Waals surface area (Å²) in [6, 6.07) is 12.4.